The number of ether oxygens (including phenoxy) is 3. The first-order chi connectivity index (χ1) is 15.1. The van der Waals surface area contributed by atoms with Crippen LogP contribution in [0.1, 0.15) is 58.9 Å². The van der Waals surface area contributed by atoms with Crippen molar-refractivity contribution in [3.63, 3.8) is 0 Å². The average Bonchev–Trinajstić information content (AvgIpc) is 2.69. The van der Waals surface area contributed by atoms with Crippen LogP contribution in [0.4, 0.5) is 0 Å². The van der Waals surface area contributed by atoms with Gasteiger partial charge in [0.25, 0.3) is 0 Å². The monoisotopic (exact) mass is 441 g/mol. The summed E-state index contributed by atoms with van der Waals surface area (Å²) in [5.74, 6) is -1.64. The highest BCUT2D eigenvalue weighted by atomic mass is 16.6. The summed E-state index contributed by atoms with van der Waals surface area (Å²) in [5.41, 5.74) is 2.55. The van der Waals surface area contributed by atoms with Gasteiger partial charge >= 0.3 is 11.9 Å². The Morgan fingerprint density at radius 1 is 1.12 bits per heavy atom. The van der Waals surface area contributed by atoms with Crippen molar-refractivity contribution in [1.29, 1.82) is 0 Å². The van der Waals surface area contributed by atoms with E-state index in [2.05, 4.69) is 13.8 Å². The minimum Gasteiger partial charge on any atom is -0.463 e. The molecule has 0 saturated carbocycles. The number of carbonyl (C=O) groups excluding carboxylic acids is 3. The van der Waals surface area contributed by atoms with E-state index >= 15 is 0 Å². The SMILES string of the molecule is CCOCCOC(=O)C1C(C)=NC2=C(C(=O)CC(C)(C)C2)[C@@H]1c1ccc(OC(C)=O)cc1. The third-order valence-electron chi connectivity index (χ3n) is 5.73. The first-order valence-corrected chi connectivity index (χ1v) is 11.0. The molecule has 0 aromatic heterocycles. The van der Waals surface area contributed by atoms with Gasteiger partial charge in [-0.3, -0.25) is 19.4 Å². The number of hydrogen-bond donors (Lipinski definition) is 0. The second-order valence-corrected chi connectivity index (χ2v) is 9.04. The predicted octanol–water partition coefficient (Wildman–Crippen LogP) is 4.01. The molecule has 0 N–H and O–H groups in total. The number of Topliss-reactive ketones (excluding diaryl/α,β-unsaturated/α-hetero) is 1. The lowest BCUT2D eigenvalue weighted by Gasteiger charge is -2.39. The number of esters is 2. The van der Waals surface area contributed by atoms with Crippen LogP contribution >= 0.6 is 0 Å². The highest BCUT2D eigenvalue weighted by molar-refractivity contribution is 6.09. The van der Waals surface area contributed by atoms with Gasteiger partial charge in [-0.05, 0) is 43.4 Å². The molecule has 7 nitrogen and oxygen atoms in total. The molecule has 1 unspecified atom stereocenters. The topological polar surface area (TPSA) is 91.3 Å². The van der Waals surface area contributed by atoms with Crippen LogP contribution in [0, 0.1) is 11.3 Å². The molecule has 0 fully saturated rings. The van der Waals surface area contributed by atoms with Crippen molar-refractivity contribution in [2.24, 2.45) is 16.3 Å². The normalized spacial score (nSPS) is 22.2. The number of carbonyl (C=O) groups is 3. The van der Waals surface area contributed by atoms with Crippen molar-refractivity contribution in [3.05, 3.63) is 41.1 Å². The zero-order chi connectivity index (χ0) is 23.5. The highest BCUT2D eigenvalue weighted by Gasteiger charge is 2.46. The Labute approximate surface area is 188 Å². The van der Waals surface area contributed by atoms with Crippen LogP contribution in [0.15, 0.2) is 40.5 Å². The summed E-state index contributed by atoms with van der Waals surface area (Å²) >= 11 is 0. The van der Waals surface area contributed by atoms with Gasteiger partial charge in [0.05, 0.1) is 6.61 Å². The Morgan fingerprint density at radius 3 is 2.44 bits per heavy atom. The maximum absolute atomic E-state index is 13.2. The number of nitrogens with zero attached hydrogens (tertiary/aromatic N) is 1. The van der Waals surface area contributed by atoms with E-state index in [-0.39, 0.29) is 17.8 Å². The Kier molecular flexibility index (Phi) is 7.29. The van der Waals surface area contributed by atoms with Gasteiger partial charge in [0.15, 0.2) is 5.78 Å². The van der Waals surface area contributed by atoms with Gasteiger partial charge in [-0.2, -0.15) is 0 Å². The Hall–Kier alpha value is -2.80. The number of ketones is 1. The molecule has 7 heteroatoms. The molecule has 0 amide bonds. The predicted molar refractivity (Wildman–Crippen MR) is 120 cm³/mol. The lowest BCUT2D eigenvalue weighted by molar-refractivity contribution is -0.148. The number of aliphatic imine (C=N–C) groups is 1. The summed E-state index contributed by atoms with van der Waals surface area (Å²) in [5, 5.41) is 0. The molecule has 172 valence electrons. The fourth-order valence-electron chi connectivity index (χ4n) is 4.46. The van der Waals surface area contributed by atoms with Gasteiger partial charge in [0.1, 0.15) is 18.3 Å². The molecular weight excluding hydrogens is 410 g/mol. The van der Waals surface area contributed by atoms with Gasteiger partial charge in [0.2, 0.25) is 0 Å². The van der Waals surface area contributed by atoms with Crippen molar-refractivity contribution >= 4 is 23.4 Å². The zero-order valence-corrected chi connectivity index (χ0v) is 19.4. The van der Waals surface area contributed by atoms with Crippen LogP contribution in [0.3, 0.4) is 0 Å². The summed E-state index contributed by atoms with van der Waals surface area (Å²) in [4.78, 5) is 42.3. The van der Waals surface area contributed by atoms with Gasteiger partial charge in [-0.1, -0.05) is 26.0 Å². The zero-order valence-electron chi connectivity index (χ0n) is 19.4. The van der Waals surface area contributed by atoms with Crippen molar-refractivity contribution in [2.75, 3.05) is 19.8 Å². The highest BCUT2D eigenvalue weighted by Crippen LogP contribution is 2.48. The molecule has 1 aromatic rings. The fourth-order valence-corrected chi connectivity index (χ4v) is 4.46. The second-order valence-electron chi connectivity index (χ2n) is 9.04. The second kappa shape index (κ2) is 9.77. The Morgan fingerprint density at radius 2 is 1.81 bits per heavy atom. The van der Waals surface area contributed by atoms with Crippen LogP contribution in [-0.4, -0.2) is 43.3 Å². The Bertz CT molecular complexity index is 957. The molecule has 1 aliphatic carbocycles. The van der Waals surface area contributed by atoms with E-state index in [1.165, 1.54) is 6.92 Å². The first kappa shape index (κ1) is 23.9. The van der Waals surface area contributed by atoms with E-state index in [9.17, 15) is 14.4 Å². The summed E-state index contributed by atoms with van der Waals surface area (Å²) < 4.78 is 15.9. The van der Waals surface area contributed by atoms with Crippen LogP contribution in [0.5, 0.6) is 5.75 Å². The minimum atomic E-state index is -0.708. The van der Waals surface area contributed by atoms with E-state index in [1.807, 2.05) is 13.8 Å². The molecule has 3 rings (SSSR count). The molecule has 2 aliphatic rings. The summed E-state index contributed by atoms with van der Waals surface area (Å²) in [6.07, 6.45) is 1.06. The maximum atomic E-state index is 13.2. The van der Waals surface area contributed by atoms with Gasteiger partial charge in [0, 0.05) is 42.9 Å². The van der Waals surface area contributed by atoms with E-state index in [1.54, 1.807) is 24.3 Å². The van der Waals surface area contributed by atoms with Gasteiger partial charge < -0.3 is 14.2 Å². The molecule has 1 heterocycles. The number of benzene rings is 1. The summed E-state index contributed by atoms with van der Waals surface area (Å²) in [7, 11) is 0. The average molecular weight is 442 g/mol. The Balaban J connectivity index is 2.00. The molecule has 1 aromatic carbocycles. The summed E-state index contributed by atoms with van der Waals surface area (Å²) in [6, 6.07) is 6.93. The van der Waals surface area contributed by atoms with Crippen molar-refractivity contribution < 1.29 is 28.6 Å². The lowest BCUT2D eigenvalue weighted by atomic mass is 9.67. The molecule has 0 radical (unpaired) electrons. The van der Waals surface area contributed by atoms with E-state index in [4.69, 9.17) is 19.2 Å². The van der Waals surface area contributed by atoms with Crippen molar-refractivity contribution in [3.8, 4) is 5.75 Å². The molecular formula is C25H31NO6. The molecule has 32 heavy (non-hydrogen) atoms. The third-order valence-corrected chi connectivity index (χ3v) is 5.73. The standard InChI is InChI=1S/C25H31NO6/c1-6-30-11-12-31-24(29)21-15(2)26-19-13-25(4,5)14-20(28)23(19)22(21)17-7-9-18(10-8-17)32-16(3)27/h7-10,21-22H,6,11-14H2,1-5H3/t21?,22-/m1/s1. The minimum absolute atomic E-state index is 0.00804. The summed E-state index contributed by atoms with van der Waals surface area (Å²) in [6.45, 7) is 10.1. The molecule has 0 bridgehead atoms. The largest absolute Gasteiger partial charge is 0.463 e. The first-order valence-electron chi connectivity index (χ1n) is 11.0. The lowest BCUT2D eigenvalue weighted by Crippen LogP contribution is -2.39. The maximum Gasteiger partial charge on any atom is 0.315 e. The fraction of sp³-hybridized carbons (Fsp3) is 0.520. The number of rotatable bonds is 7. The molecule has 2 atom stereocenters. The van der Waals surface area contributed by atoms with Crippen molar-refractivity contribution in [1.82, 2.24) is 0 Å². The van der Waals surface area contributed by atoms with E-state index in [0.29, 0.717) is 43.1 Å². The number of allylic oxidation sites excluding steroid dienone is 2. The van der Waals surface area contributed by atoms with Crippen LogP contribution < -0.4 is 4.74 Å². The van der Waals surface area contributed by atoms with Crippen LogP contribution in [0.2, 0.25) is 0 Å². The van der Waals surface area contributed by atoms with Gasteiger partial charge in [-0.15, -0.1) is 0 Å². The van der Waals surface area contributed by atoms with E-state index < -0.39 is 23.8 Å². The van der Waals surface area contributed by atoms with Crippen LogP contribution in [-0.2, 0) is 23.9 Å². The quantitative estimate of drug-likeness (QED) is 0.361. The molecule has 1 aliphatic heterocycles. The number of hydrogen-bond acceptors (Lipinski definition) is 7. The molecule has 0 saturated heterocycles. The van der Waals surface area contributed by atoms with Crippen molar-refractivity contribution in [2.45, 2.75) is 53.4 Å². The van der Waals surface area contributed by atoms with Crippen LogP contribution in [0.25, 0.3) is 0 Å². The smallest absolute Gasteiger partial charge is 0.315 e. The van der Waals surface area contributed by atoms with E-state index in [0.717, 1.165) is 11.3 Å². The van der Waals surface area contributed by atoms with Gasteiger partial charge in [-0.25, -0.2) is 0 Å². The molecule has 0 spiro atoms. The third kappa shape index (κ3) is 5.33.